The number of hydrogen-bond acceptors (Lipinski definition) is 3. The van der Waals surface area contributed by atoms with E-state index in [1.54, 1.807) is 17.4 Å². The van der Waals surface area contributed by atoms with Gasteiger partial charge in [-0.3, -0.25) is 0 Å². The highest BCUT2D eigenvalue weighted by molar-refractivity contribution is 7.11. The number of nitrogen functional groups attached to an aromatic ring is 1. The molecular formula is C14H13Cl2N3S. The number of nitrogens with two attached hydrogens (primary N) is 1. The Morgan fingerprint density at radius 2 is 1.90 bits per heavy atom. The lowest BCUT2D eigenvalue weighted by molar-refractivity contribution is 0.853. The third kappa shape index (κ3) is 2.39. The van der Waals surface area contributed by atoms with Crippen molar-refractivity contribution in [2.24, 2.45) is 0 Å². The van der Waals surface area contributed by atoms with E-state index in [1.807, 2.05) is 10.6 Å². The fourth-order valence-electron chi connectivity index (χ4n) is 2.16. The summed E-state index contributed by atoms with van der Waals surface area (Å²) >= 11 is 13.9. The summed E-state index contributed by atoms with van der Waals surface area (Å²) in [6.45, 7) is 2.85. The Morgan fingerprint density at radius 1 is 1.20 bits per heavy atom. The summed E-state index contributed by atoms with van der Waals surface area (Å²) in [5, 5.41) is 1.01. The molecular weight excluding hydrogens is 313 g/mol. The van der Waals surface area contributed by atoms with Gasteiger partial charge in [-0.2, -0.15) is 0 Å². The van der Waals surface area contributed by atoms with Gasteiger partial charge in [-0.15, -0.1) is 11.3 Å². The van der Waals surface area contributed by atoms with Gasteiger partial charge in [-0.25, -0.2) is 4.98 Å². The van der Waals surface area contributed by atoms with Crippen molar-refractivity contribution in [2.45, 2.75) is 19.9 Å². The number of benzene rings is 1. The van der Waals surface area contributed by atoms with Crippen LogP contribution in [0.25, 0.3) is 11.0 Å². The summed E-state index contributed by atoms with van der Waals surface area (Å²) in [5.41, 5.74) is 7.68. The number of rotatable bonds is 3. The van der Waals surface area contributed by atoms with Crippen LogP contribution in [-0.4, -0.2) is 9.55 Å². The van der Waals surface area contributed by atoms with Crippen LogP contribution in [0.5, 0.6) is 0 Å². The largest absolute Gasteiger partial charge is 0.369 e. The maximum Gasteiger partial charge on any atom is 0.201 e. The standard InChI is InChI=1S/C14H13Cl2N3S/c1-2-8-3-4-9(20-8)7-19-13-6-11(16)10(15)5-12(13)18-14(19)17/h3-6H,2,7H2,1H3,(H2,17,18). The molecule has 0 aliphatic carbocycles. The van der Waals surface area contributed by atoms with Gasteiger partial charge < -0.3 is 10.3 Å². The topological polar surface area (TPSA) is 43.8 Å². The van der Waals surface area contributed by atoms with Crippen LogP contribution in [0.2, 0.25) is 10.0 Å². The Labute approximate surface area is 130 Å². The van der Waals surface area contributed by atoms with Crippen LogP contribution in [0, 0.1) is 0 Å². The Morgan fingerprint density at radius 3 is 2.60 bits per heavy atom. The lowest BCUT2D eigenvalue weighted by atomic mass is 10.3. The molecule has 6 heteroatoms. The molecule has 104 valence electrons. The highest BCUT2D eigenvalue weighted by atomic mass is 35.5. The van der Waals surface area contributed by atoms with E-state index in [-0.39, 0.29) is 0 Å². The number of fused-ring (bicyclic) bond motifs is 1. The van der Waals surface area contributed by atoms with Crippen LogP contribution < -0.4 is 5.73 Å². The van der Waals surface area contributed by atoms with Crippen LogP contribution in [0.3, 0.4) is 0 Å². The number of halogens is 2. The summed E-state index contributed by atoms with van der Waals surface area (Å²) in [6, 6.07) is 7.85. The van der Waals surface area contributed by atoms with E-state index in [9.17, 15) is 0 Å². The van der Waals surface area contributed by atoms with E-state index in [4.69, 9.17) is 28.9 Å². The molecule has 0 saturated carbocycles. The molecule has 20 heavy (non-hydrogen) atoms. The highest BCUT2D eigenvalue weighted by Crippen LogP contribution is 2.30. The molecule has 0 spiro atoms. The lowest BCUT2D eigenvalue weighted by Gasteiger charge is -2.05. The highest BCUT2D eigenvalue weighted by Gasteiger charge is 2.12. The first-order chi connectivity index (χ1) is 9.58. The molecule has 1 aromatic carbocycles. The molecule has 0 aliphatic rings. The maximum atomic E-state index is 6.09. The van der Waals surface area contributed by atoms with Gasteiger partial charge >= 0.3 is 0 Å². The van der Waals surface area contributed by atoms with Crippen LogP contribution in [0.1, 0.15) is 16.7 Å². The molecule has 2 N–H and O–H groups in total. The zero-order chi connectivity index (χ0) is 14.3. The Bertz CT molecular complexity index is 776. The molecule has 0 fully saturated rings. The number of imidazole rings is 1. The van der Waals surface area contributed by atoms with Gasteiger partial charge in [-0.1, -0.05) is 30.1 Å². The summed E-state index contributed by atoms with van der Waals surface area (Å²) in [6.07, 6.45) is 1.05. The second-order valence-electron chi connectivity index (χ2n) is 4.53. The first-order valence-electron chi connectivity index (χ1n) is 6.27. The average molecular weight is 326 g/mol. The van der Waals surface area contributed by atoms with E-state index in [2.05, 4.69) is 24.0 Å². The van der Waals surface area contributed by atoms with Crippen molar-refractivity contribution < 1.29 is 0 Å². The van der Waals surface area contributed by atoms with Gasteiger partial charge in [0.2, 0.25) is 5.95 Å². The third-order valence-corrected chi connectivity index (χ3v) is 5.14. The van der Waals surface area contributed by atoms with Crippen molar-refractivity contribution in [3.8, 4) is 0 Å². The van der Waals surface area contributed by atoms with E-state index in [0.717, 1.165) is 17.5 Å². The first kappa shape index (κ1) is 13.7. The van der Waals surface area contributed by atoms with Crippen LogP contribution in [0.15, 0.2) is 24.3 Å². The van der Waals surface area contributed by atoms with E-state index >= 15 is 0 Å². The van der Waals surface area contributed by atoms with Crippen molar-refractivity contribution in [2.75, 3.05) is 5.73 Å². The second-order valence-corrected chi connectivity index (χ2v) is 6.60. The molecule has 0 bridgehead atoms. The average Bonchev–Trinajstić information content (AvgIpc) is 2.98. The summed E-state index contributed by atoms with van der Waals surface area (Å²) in [5.74, 6) is 0.477. The zero-order valence-electron chi connectivity index (χ0n) is 10.9. The van der Waals surface area contributed by atoms with Gasteiger partial charge in [0.15, 0.2) is 0 Å². The molecule has 3 aromatic rings. The minimum atomic E-state index is 0.477. The van der Waals surface area contributed by atoms with Crippen molar-refractivity contribution >= 4 is 51.5 Å². The molecule has 3 nitrogen and oxygen atoms in total. The minimum absolute atomic E-state index is 0.477. The van der Waals surface area contributed by atoms with Crippen molar-refractivity contribution in [3.05, 3.63) is 44.1 Å². The number of aromatic nitrogens is 2. The van der Waals surface area contributed by atoms with Crippen molar-refractivity contribution in [1.82, 2.24) is 9.55 Å². The smallest absolute Gasteiger partial charge is 0.201 e. The van der Waals surface area contributed by atoms with Crippen molar-refractivity contribution in [1.29, 1.82) is 0 Å². The van der Waals surface area contributed by atoms with Gasteiger partial charge in [0.1, 0.15) is 0 Å². The van der Waals surface area contributed by atoms with Gasteiger partial charge in [0, 0.05) is 9.75 Å². The molecule has 3 rings (SSSR count). The van der Waals surface area contributed by atoms with E-state index in [1.165, 1.54) is 9.75 Å². The number of anilines is 1. The molecule has 0 aliphatic heterocycles. The van der Waals surface area contributed by atoms with Crippen LogP contribution >= 0.6 is 34.5 Å². The van der Waals surface area contributed by atoms with Crippen LogP contribution in [0.4, 0.5) is 5.95 Å². The molecule has 0 unspecified atom stereocenters. The Balaban J connectivity index is 2.06. The quantitative estimate of drug-likeness (QED) is 0.764. The molecule has 2 aromatic heterocycles. The Hall–Kier alpha value is -1.23. The molecule has 0 atom stereocenters. The SMILES string of the molecule is CCc1ccc(Cn2c(N)nc3cc(Cl)c(Cl)cc32)s1. The zero-order valence-corrected chi connectivity index (χ0v) is 13.2. The van der Waals surface area contributed by atoms with E-state index < -0.39 is 0 Å². The van der Waals surface area contributed by atoms with Crippen LogP contribution in [-0.2, 0) is 13.0 Å². The summed E-state index contributed by atoms with van der Waals surface area (Å²) in [7, 11) is 0. The number of aryl methyl sites for hydroxylation is 1. The molecule has 0 amide bonds. The van der Waals surface area contributed by atoms with Gasteiger partial charge in [0.25, 0.3) is 0 Å². The maximum absolute atomic E-state index is 6.09. The minimum Gasteiger partial charge on any atom is -0.369 e. The first-order valence-corrected chi connectivity index (χ1v) is 7.84. The fraction of sp³-hybridized carbons (Fsp3) is 0.214. The third-order valence-electron chi connectivity index (χ3n) is 3.20. The second kappa shape index (κ2) is 5.28. The van der Waals surface area contributed by atoms with Gasteiger partial charge in [-0.05, 0) is 30.7 Å². The predicted octanol–water partition coefficient (Wildman–Crippen LogP) is 4.60. The van der Waals surface area contributed by atoms with E-state index in [0.29, 0.717) is 22.5 Å². The molecule has 2 heterocycles. The lowest BCUT2D eigenvalue weighted by Crippen LogP contribution is -2.03. The molecule has 0 saturated heterocycles. The Kier molecular flexibility index (Phi) is 3.63. The number of nitrogens with zero attached hydrogens (tertiary/aromatic N) is 2. The number of thiophene rings is 1. The fourth-order valence-corrected chi connectivity index (χ4v) is 3.42. The predicted molar refractivity (Wildman–Crippen MR) is 87.0 cm³/mol. The summed E-state index contributed by atoms with van der Waals surface area (Å²) < 4.78 is 1.96. The van der Waals surface area contributed by atoms with Gasteiger partial charge in [0.05, 0.1) is 27.6 Å². The normalized spacial score (nSPS) is 11.3. The number of hydrogen-bond donors (Lipinski definition) is 1. The molecule has 0 radical (unpaired) electrons. The van der Waals surface area contributed by atoms with Crippen molar-refractivity contribution in [3.63, 3.8) is 0 Å². The monoisotopic (exact) mass is 325 g/mol. The summed E-state index contributed by atoms with van der Waals surface area (Å²) in [4.78, 5) is 6.95.